The van der Waals surface area contributed by atoms with Gasteiger partial charge in [0.1, 0.15) is 28.7 Å². The standard InChI is InChI=1S/C41H29F12N3O7/c1-20(57)54-28-18-24(8-15-31(28)58)37(40(48,49)50,41(51,52)53)25-9-16-33(60)30(19-25)56-35(62)22-5-12-27(13-6-22)63-26-10-3-21(4-11-26)34(61)55-29-17-23(7-14-32(29)59)36(2,38(42,43)44)39(45,46)47/h3-19,58-60H,1-2H3,(H,54,57)(H,55,61)(H,56,62). The third kappa shape index (κ3) is 9.09. The lowest BCUT2D eigenvalue weighted by atomic mass is 9.72. The largest absolute Gasteiger partial charge is 0.506 e. The molecule has 22 heteroatoms. The molecule has 0 spiro atoms. The molecule has 10 nitrogen and oxygen atoms in total. The molecule has 0 atom stereocenters. The van der Waals surface area contributed by atoms with E-state index in [-0.39, 0.29) is 35.6 Å². The molecule has 63 heavy (non-hydrogen) atoms. The molecule has 5 rings (SSSR count). The number of aromatic hydroxyl groups is 3. The third-order valence-corrected chi connectivity index (χ3v) is 9.69. The Bertz CT molecular complexity index is 2510. The Morgan fingerprint density at radius 1 is 0.460 bits per heavy atom. The van der Waals surface area contributed by atoms with Crippen LogP contribution in [0.15, 0.2) is 103 Å². The van der Waals surface area contributed by atoms with Crippen molar-refractivity contribution in [1.29, 1.82) is 0 Å². The molecule has 0 aliphatic heterocycles. The first kappa shape index (κ1) is 46.9. The summed E-state index contributed by atoms with van der Waals surface area (Å²) in [6, 6.07) is 12.9. The van der Waals surface area contributed by atoms with Crippen molar-refractivity contribution in [2.24, 2.45) is 0 Å². The lowest BCUT2D eigenvalue weighted by molar-refractivity contribution is -0.297. The van der Waals surface area contributed by atoms with E-state index in [1.54, 1.807) is 0 Å². The predicted octanol–water partition coefficient (Wildman–Crippen LogP) is 10.9. The molecule has 3 amide bonds. The van der Waals surface area contributed by atoms with Gasteiger partial charge in [0.05, 0.1) is 17.1 Å². The van der Waals surface area contributed by atoms with E-state index in [1.165, 1.54) is 24.3 Å². The van der Waals surface area contributed by atoms with Crippen LogP contribution in [0.5, 0.6) is 28.7 Å². The zero-order valence-corrected chi connectivity index (χ0v) is 31.8. The number of benzene rings is 5. The van der Waals surface area contributed by atoms with E-state index in [0.29, 0.717) is 48.5 Å². The van der Waals surface area contributed by atoms with E-state index in [9.17, 15) is 82.4 Å². The second kappa shape index (κ2) is 16.6. The Balaban J connectivity index is 1.33. The number of alkyl halides is 12. The average molecular weight is 904 g/mol. The van der Waals surface area contributed by atoms with Crippen LogP contribution in [-0.2, 0) is 15.6 Å². The van der Waals surface area contributed by atoms with Crippen molar-refractivity contribution in [1.82, 2.24) is 0 Å². The van der Waals surface area contributed by atoms with Gasteiger partial charge in [0.15, 0.2) is 5.41 Å². The van der Waals surface area contributed by atoms with Gasteiger partial charge in [-0.05, 0) is 109 Å². The second-order valence-corrected chi connectivity index (χ2v) is 13.8. The average Bonchev–Trinajstić information content (AvgIpc) is 3.16. The highest BCUT2D eigenvalue weighted by Crippen LogP contribution is 2.58. The molecule has 334 valence electrons. The van der Waals surface area contributed by atoms with Crippen molar-refractivity contribution in [3.63, 3.8) is 0 Å². The summed E-state index contributed by atoms with van der Waals surface area (Å²) in [5.41, 5.74) is -16.3. The van der Waals surface area contributed by atoms with Gasteiger partial charge in [-0.15, -0.1) is 0 Å². The number of nitrogens with one attached hydrogen (secondary N) is 3. The van der Waals surface area contributed by atoms with Gasteiger partial charge >= 0.3 is 24.7 Å². The molecule has 0 aromatic heterocycles. The molecule has 0 radical (unpaired) electrons. The van der Waals surface area contributed by atoms with Crippen LogP contribution < -0.4 is 20.7 Å². The molecular formula is C41H29F12N3O7. The SMILES string of the molecule is CC(=O)Nc1cc(C(c2ccc(O)c(NC(=O)c3ccc(Oc4ccc(C(=O)Nc5cc(C(C)(C(F)(F)F)C(F)(F)F)ccc5O)cc4)cc3)c2)(C(F)(F)F)C(F)(F)F)ccc1O. The summed E-state index contributed by atoms with van der Waals surface area (Å²) >= 11 is 0. The van der Waals surface area contributed by atoms with Gasteiger partial charge in [-0.3, -0.25) is 14.4 Å². The lowest BCUT2D eigenvalue weighted by Gasteiger charge is -2.38. The smallest absolute Gasteiger partial charge is 0.411 e. The van der Waals surface area contributed by atoms with E-state index < -0.39 is 104 Å². The number of phenols is 3. The summed E-state index contributed by atoms with van der Waals surface area (Å²) in [6.45, 7) is 0.804. The van der Waals surface area contributed by atoms with Crippen LogP contribution >= 0.6 is 0 Å². The van der Waals surface area contributed by atoms with Gasteiger partial charge in [0, 0.05) is 18.1 Å². The number of hydrogen-bond acceptors (Lipinski definition) is 7. The predicted molar refractivity (Wildman–Crippen MR) is 200 cm³/mol. The first-order valence-electron chi connectivity index (χ1n) is 17.6. The van der Waals surface area contributed by atoms with Crippen LogP contribution in [0.1, 0.15) is 51.3 Å². The summed E-state index contributed by atoms with van der Waals surface area (Å²) in [4.78, 5) is 37.5. The summed E-state index contributed by atoms with van der Waals surface area (Å²) in [5.74, 6) is -5.64. The Hall–Kier alpha value is -7.13. The minimum Gasteiger partial charge on any atom is -0.506 e. The topological polar surface area (TPSA) is 157 Å². The van der Waals surface area contributed by atoms with Crippen LogP contribution in [0.25, 0.3) is 0 Å². The number of phenolic OH excluding ortho intramolecular Hbond substituents is 3. The fraction of sp³-hybridized carbons (Fsp3) is 0.195. The Kier molecular flexibility index (Phi) is 12.4. The number of halogens is 12. The number of rotatable bonds is 10. The lowest BCUT2D eigenvalue weighted by Crippen LogP contribution is -2.54. The maximum absolute atomic E-state index is 14.8. The van der Waals surface area contributed by atoms with Gasteiger partial charge < -0.3 is 36.0 Å². The van der Waals surface area contributed by atoms with Crippen LogP contribution in [0, 0.1) is 0 Å². The van der Waals surface area contributed by atoms with Crippen LogP contribution in [0.2, 0.25) is 0 Å². The number of amides is 3. The van der Waals surface area contributed by atoms with Gasteiger partial charge in [-0.2, -0.15) is 52.7 Å². The zero-order chi connectivity index (χ0) is 47.1. The number of anilines is 3. The van der Waals surface area contributed by atoms with Crippen molar-refractivity contribution < 1.29 is 87.1 Å². The molecule has 0 saturated carbocycles. The minimum absolute atomic E-state index is 0.0281. The van der Waals surface area contributed by atoms with Crippen molar-refractivity contribution in [3.05, 3.63) is 131 Å². The van der Waals surface area contributed by atoms with Crippen molar-refractivity contribution in [2.45, 2.75) is 49.4 Å². The van der Waals surface area contributed by atoms with Crippen molar-refractivity contribution in [2.75, 3.05) is 16.0 Å². The van der Waals surface area contributed by atoms with E-state index in [4.69, 9.17) is 4.74 Å². The molecule has 0 saturated heterocycles. The molecule has 0 fully saturated rings. The quantitative estimate of drug-likeness (QED) is 0.0602. The Labute approximate surface area is 346 Å². The molecule has 0 heterocycles. The molecule has 0 bridgehead atoms. The first-order valence-corrected chi connectivity index (χ1v) is 17.6. The van der Waals surface area contributed by atoms with E-state index in [0.717, 1.165) is 31.2 Å². The molecule has 5 aromatic rings. The summed E-state index contributed by atoms with van der Waals surface area (Å²) in [5, 5.41) is 36.6. The number of carbonyl (C=O) groups is 3. The molecule has 0 aliphatic carbocycles. The minimum atomic E-state index is -6.14. The van der Waals surface area contributed by atoms with Crippen LogP contribution in [0.3, 0.4) is 0 Å². The van der Waals surface area contributed by atoms with Crippen molar-refractivity contribution >= 4 is 34.8 Å². The van der Waals surface area contributed by atoms with E-state index >= 15 is 0 Å². The molecule has 6 N–H and O–H groups in total. The van der Waals surface area contributed by atoms with Gasteiger partial charge in [-0.1, -0.05) is 18.2 Å². The van der Waals surface area contributed by atoms with E-state index in [2.05, 4.69) is 10.6 Å². The Morgan fingerprint density at radius 2 is 0.778 bits per heavy atom. The fourth-order valence-electron chi connectivity index (χ4n) is 6.22. The van der Waals surface area contributed by atoms with Crippen molar-refractivity contribution in [3.8, 4) is 28.7 Å². The number of carbonyl (C=O) groups excluding carboxylic acids is 3. The fourth-order valence-corrected chi connectivity index (χ4v) is 6.22. The molecule has 0 aliphatic rings. The number of ether oxygens (including phenoxy) is 1. The first-order chi connectivity index (χ1) is 29.0. The van der Waals surface area contributed by atoms with Crippen LogP contribution in [0.4, 0.5) is 69.7 Å². The molecule has 0 unspecified atom stereocenters. The maximum atomic E-state index is 14.8. The molecular weight excluding hydrogens is 874 g/mol. The van der Waals surface area contributed by atoms with Gasteiger partial charge in [0.2, 0.25) is 11.3 Å². The summed E-state index contributed by atoms with van der Waals surface area (Å²) in [6.07, 6.45) is -23.9. The summed E-state index contributed by atoms with van der Waals surface area (Å²) in [7, 11) is 0. The molecule has 5 aromatic carbocycles. The highest BCUT2D eigenvalue weighted by atomic mass is 19.4. The number of hydrogen-bond donors (Lipinski definition) is 6. The third-order valence-electron chi connectivity index (χ3n) is 9.69. The van der Waals surface area contributed by atoms with Gasteiger partial charge in [-0.25, -0.2) is 0 Å². The summed E-state index contributed by atoms with van der Waals surface area (Å²) < 4.78 is 176. The normalized spacial score (nSPS) is 12.7. The highest BCUT2D eigenvalue weighted by Gasteiger charge is 2.73. The highest BCUT2D eigenvalue weighted by molar-refractivity contribution is 6.06. The monoisotopic (exact) mass is 903 g/mol. The second-order valence-electron chi connectivity index (χ2n) is 13.8. The van der Waals surface area contributed by atoms with Crippen LogP contribution in [-0.4, -0.2) is 57.7 Å². The van der Waals surface area contributed by atoms with E-state index in [1.807, 2.05) is 5.32 Å². The zero-order valence-electron chi connectivity index (χ0n) is 31.8. The Morgan fingerprint density at radius 3 is 1.10 bits per heavy atom. The maximum Gasteiger partial charge on any atom is 0.411 e. The van der Waals surface area contributed by atoms with Gasteiger partial charge in [0.25, 0.3) is 11.8 Å².